The number of carbonyl (C=O) groups excluding carboxylic acids is 1. The smallest absolute Gasteiger partial charge is 0.255 e. The van der Waals surface area contributed by atoms with Crippen molar-refractivity contribution in [2.75, 3.05) is 38.0 Å². The van der Waals surface area contributed by atoms with Crippen LogP contribution in [0.15, 0.2) is 17.0 Å². The zero-order chi connectivity index (χ0) is 31.5. The minimum atomic E-state index is -5.49. The van der Waals surface area contributed by atoms with Crippen LogP contribution in [0.1, 0.15) is 57.5 Å². The van der Waals surface area contributed by atoms with Gasteiger partial charge in [-0.15, -0.1) is 0 Å². The molecule has 1 amide bonds. The number of carbonyl (C=O) groups is 1. The number of anilines is 1. The van der Waals surface area contributed by atoms with Gasteiger partial charge in [0.15, 0.2) is 9.84 Å². The maximum atomic E-state index is 13.2. The minimum absolute atomic E-state index is 0.109. The van der Waals surface area contributed by atoms with Crippen LogP contribution in [0, 0.1) is 0 Å². The Morgan fingerprint density at radius 2 is 2.36 bits per heavy atom. The Balaban J connectivity index is 2.64. The molecule has 0 aliphatic carbocycles. The van der Waals surface area contributed by atoms with E-state index in [0.29, 0.717) is 17.0 Å². The first-order valence-electron chi connectivity index (χ1n) is 14.5. The van der Waals surface area contributed by atoms with E-state index >= 15 is 0 Å². The summed E-state index contributed by atoms with van der Waals surface area (Å²) < 4.78 is 145. The Labute approximate surface area is 170 Å². The first kappa shape index (κ1) is 7.44. The molecule has 0 spiro atoms. The highest BCUT2D eigenvalue weighted by atomic mass is 32.2. The van der Waals surface area contributed by atoms with Crippen molar-refractivity contribution in [3.63, 3.8) is 0 Å². The molecule has 1 aliphatic rings. The predicted molar refractivity (Wildman–Crippen MR) is 97.7 cm³/mol. The first-order chi connectivity index (χ1) is 17.6. The number of nitrogens with one attached hydrogen (secondary N) is 1. The monoisotopic (exact) mass is 384 g/mol. The van der Waals surface area contributed by atoms with Gasteiger partial charge in [0.05, 0.1) is 35.7 Å². The summed E-state index contributed by atoms with van der Waals surface area (Å²) in [5.41, 5.74) is -0.118. The van der Waals surface area contributed by atoms with E-state index in [2.05, 4.69) is 0 Å². The number of hydrogen-bond donors (Lipinski definition) is 2. The summed E-state index contributed by atoms with van der Waals surface area (Å²) in [6, 6.07) is -0.677. The number of nitrogens with zero attached hydrogens (tertiary/aromatic N) is 1. The van der Waals surface area contributed by atoms with E-state index in [1.54, 1.807) is 0 Å². The van der Waals surface area contributed by atoms with Gasteiger partial charge in [0.1, 0.15) is 5.75 Å². The fourth-order valence-electron chi connectivity index (χ4n) is 2.39. The highest BCUT2D eigenvalue weighted by molar-refractivity contribution is 7.91. The van der Waals surface area contributed by atoms with Crippen LogP contribution in [0.3, 0.4) is 0 Å². The SMILES string of the molecule is [2H]C([2H])([2H])Oc1cc(N)c(S(=O)(=O)C([2H])([2H])C([2H])([2H])[2H])cc1C(=O)NC([2H])([2H])C1CCCN1C([2H])([2H])C([2H])([2H])[2H]. The summed E-state index contributed by atoms with van der Waals surface area (Å²) in [5, 5.41) is 1.86. The molecule has 1 aromatic rings. The molecule has 2 rings (SSSR count). The second-order valence-corrected chi connectivity index (χ2v) is 6.81. The van der Waals surface area contributed by atoms with Crippen molar-refractivity contribution in [2.45, 2.75) is 37.5 Å². The lowest BCUT2D eigenvalue weighted by Gasteiger charge is -2.23. The molecular formula is C17H27N3O4S. The molecule has 3 N–H and O–H groups in total. The number of nitrogens with two attached hydrogens (primary N) is 1. The summed E-state index contributed by atoms with van der Waals surface area (Å²) in [6.07, 6.45) is 0.0408. The first-order valence-corrected chi connectivity index (χ1v) is 8.53. The van der Waals surface area contributed by atoms with Crippen LogP contribution < -0.4 is 15.8 Å². The van der Waals surface area contributed by atoms with E-state index in [4.69, 9.17) is 31.0 Å². The van der Waals surface area contributed by atoms with Gasteiger partial charge in [-0.25, -0.2) is 8.42 Å². The number of likely N-dealkylation sites (N-methyl/N-ethyl adjacent to an activating group) is 1. The number of sulfone groups is 1. The Hall–Kier alpha value is -1.80. The molecule has 25 heavy (non-hydrogen) atoms. The topological polar surface area (TPSA) is 102 Å². The van der Waals surface area contributed by atoms with Crippen molar-refractivity contribution in [1.82, 2.24) is 10.2 Å². The third kappa shape index (κ3) is 4.24. The number of rotatable bonds is 7. The van der Waals surface area contributed by atoms with Gasteiger partial charge in [-0.3, -0.25) is 9.69 Å². The number of likely N-dealkylation sites (tertiary alicyclic amines) is 1. The molecule has 1 aliphatic heterocycles. The lowest BCUT2D eigenvalue weighted by molar-refractivity contribution is 0.0938. The number of nitrogen functional groups attached to an aromatic ring is 1. The maximum absolute atomic E-state index is 13.2. The highest BCUT2D eigenvalue weighted by Gasteiger charge is 2.25. The zero-order valence-electron chi connectivity index (χ0n) is 27.9. The molecule has 0 aromatic heterocycles. The van der Waals surface area contributed by atoms with Crippen LogP contribution in [0.2, 0.25) is 0 Å². The number of benzene rings is 1. The van der Waals surface area contributed by atoms with E-state index in [-0.39, 0.29) is 19.4 Å². The lowest BCUT2D eigenvalue weighted by Crippen LogP contribution is -2.40. The largest absolute Gasteiger partial charge is 0.496 e. The normalized spacial score (nSPS) is 30.4. The molecule has 1 atom stereocenters. The second kappa shape index (κ2) is 8.05. The Bertz CT molecular complexity index is 1240. The van der Waals surface area contributed by atoms with Crippen molar-refractivity contribution in [2.24, 2.45) is 0 Å². The van der Waals surface area contributed by atoms with Gasteiger partial charge in [0, 0.05) is 32.3 Å². The molecule has 8 heteroatoms. The molecule has 1 heterocycles. The molecular weight excluding hydrogens is 342 g/mol. The second-order valence-electron chi connectivity index (χ2n) is 5.16. The Morgan fingerprint density at radius 3 is 3.08 bits per heavy atom. The highest BCUT2D eigenvalue weighted by Crippen LogP contribution is 2.29. The molecule has 0 saturated carbocycles. The van der Waals surface area contributed by atoms with Gasteiger partial charge in [0.2, 0.25) is 0 Å². The minimum Gasteiger partial charge on any atom is -0.496 e. The van der Waals surface area contributed by atoms with Gasteiger partial charge < -0.3 is 15.8 Å². The van der Waals surface area contributed by atoms with Crippen molar-refractivity contribution in [3.8, 4) is 5.75 Å². The van der Waals surface area contributed by atoms with Crippen LogP contribution >= 0.6 is 0 Å². The summed E-state index contributed by atoms with van der Waals surface area (Å²) in [7, 11) is -8.74. The number of hydrogen-bond acceptors (Lipinski definition) is 6. The van der Waals surface area contributed by atoms with Crippen molar-refractivity contribution in [1.29, 1.82) is 0 Å². The summed E-state index contributed by atoms with van der Waals surface area (Å²) >= 11 is 0. The molecule has 0 bridgehead atoms. The van der Waals surface area contributed by atoms with Gasteiger partial charge in [-0.2, -0.15) is 0 Å². The predicted octanol–water partition coefficient (Wildman–Crippen LogP) is 1.29. The molecule has 0 radical (unpaired) electrons. The average Bonchev–Trinajstić information content (AvgIpc) is 3.22. The van der Waals surface area contributed by atoms with E-state index in [1.165, 1.54) is 0 Å². The molecule has 140 valence electrons. The Morgan fingerprint density at radius 1 is 1.52 bits per heavy atom. The van der Waals surface area contributed by atoms with Crippen LogP contribution in [0.25, 0.3) is 0 Å². The van der Waals surface area contributed by atoms with E-state index in [0.717, 1.165) is 0 Å². The number of amides is 1. The van der Waals surface area contributed by atoms with Crippen molar-refractivity contribution in [3.05, 3.63) is 17.7 Å². The average molecular weight is 385 g/mol. The van der Waals surface area contributed by atoms with E-state index in [1.807, 2.05) is 5.32 Å². The van der Waals surface area contributed by atoms with Gasteiger partial charge >= 0.3 is 0 Å². The maximum Gasteiger partial charge on any atom is 0.255 e. The van der Waals surface area contributed by atoms with E-state index < -0.39 is 83.1 Å². The van der Waals surface area contributed by atoms with Gasteiger partial charge in [-0.1, -0.05) is 13.7 Å². The van der Waals surface area contributed by atoms with Crippen LogP contribution in [0.5, 0.6) is 5.75 Å². The fourth-order valence-corrected chi connectivity index (χ4v) is 3.14. The summed E-state index contributed by atoms with van der Waals surface area (Å²) in [6.45, 7) is -13.0. The van der Waals surface area contributed by atoms with Crippen LogP contribution in [-0.4, -0.2) is 57.5 Å². The number of methoxy groups -OCH3 is 1. The summed E-state index contributed by atoms with van der Waals surface area (Å²) in [4.78, 5) is 12.7. The van der Waals surface area contributed by atoms with Crippen molar-refractivity contribution >= 4 is 21.4 Å². The van der Waals surface area contributed by atoms with Gasteiger partial charge in [-0.05, 0) is 31.9 Å². The van der Waals surface area contributed by atoms with E-state index in [9.17, 15) is 13.2 Å². The zero-order valence-corrected chi connectivity index (χ0v) is 13.7. The molecule has 1 unspecified atom stereocenters. The standard InChI is InChI=1S/C17H27N3O4S/c1-4-20-8-6-7-12(20)11-19-17(21)13-9-16(25(22,23)5-2)14(18)10-15(13)24-3/h9-10,12H,4-8,11,18H2,1-3H3,(H,19,21)/i1D3,2D3,3D3,4D2,5D2,11D2. The molecule has 1 aromatic carbocycles. The van der Waals surface area contributed by atoms with Crippen LogP contribution in [-0.2, 0) is 9.84 Å². The molecule has 1 fully saturated rings. The molecule has 7 nitrogen and oxygen atoms in total. The number of ether oxygens (including phenoxy) is 1. The Kier molecular flexibility index (Phi) is 2.40. The summed E-state index contributed by atoms with van der Waals surface area (Å²) in [5.74, 6) is -2.42. The third-order valence-corrected chi connectivity index (χ3v) is 4.84. The van der Waals surface area contributed by atoms with Gasteiger partial charge in [0.25, 0.3) is 5.91 Å². The van der Waals surface area contributed by atoms with Crippen LogP contribution in [0.4, 0.5) is 5.69 Å². The molecule has 1 saturated heterocycles. The quantitative estimate of drug-likeness (QED) is 0.687. The fraction of sp³-hybridized carbons (Fsp3) is 0.588. The third-order valence-electron chi connectivity index (χ3n) is 3.64. The lowest BCUT2D eigenvalue weighted by atomic mass is 10.1. The van der Waals surface area contributed by atoms with Crippen molar-refractivity contribution < 1.29 is 38.5 Å².